The van der Waals surface area contributed by atoms with Crippen molar-refractivity contribution in [3.05, 3.63) is 82.9 Å². The molecule has 3 aromatic rings. The van der Waals surface area contributed by atoms with Crippen molar-refractivity contribution >= 4 is 23.5 Å². The molecule has 0 radical (unpaired) electrons. The second-order valence-corrected chi connectivity index (χ2v) is 12.1. The van der Waals surface area contributed by atoms with Crippen molar-refractivity contribution in [1.82, 2.24) is 0 Å². The van der Waals surface area contributed by atoms with E-state index in [9.17, 15) is 10.5 Å². The van der Waals surface area contributed by atoms with Gasteiger partial charge < -0.3 is 0 Å². The van der Waals surface area contributed by atoms with Crippen LogP contribution in [0.3, 0.4) is 0 Å². The topological polar surface area (TPSA) is 47.6 Å². The predicted octanol–water partition coefficient (Wildman–Crippen LogP) is 8.33. The summed E-state index contributed by atoms with van der Waals surface area (Å²) in [6, 6.07) is 25.2. The van der Waals surface area contributed by atoms with E-state index < -0.39 is 0 Å². The standard InChI is InChI=1S/C28H28N2S2/c1-27(2,3)21-7-11-23(12-8-21)31-25-15-19(17-29)20(18-30)16-26(25)32-24-13-9-22(10-14-24)28(4,5)6/h7-16H,1-6H3. The lowest BCUT2D eigenvalue weighted by molar-refractivity contribution is 0.589. The molecule has 0 atom stereocenters. The lowest BCUT2D eigenvalue weighted by atomic mass is 9.87. The first-order chi connectivity index (χ1) is 15.0. The summed E-state index contributed by atoms with van der Waals surface area (Å²) in [6.07, 6.45) is 0. The van der Waals surface area contributed by atoms with Crippen LogP contribution in [-0.2, 0) is 10.8 Å². The minimum atomic E-state index is 0.103. The largest absolute Gasteiger partial charge is 0.192 e. The van der Waals surface area contributed by atoms with Crippen molar-refractivity contribution in [2.45, 2.75) is 72.0 Å². The van der Waals surface area contributed by atoms with Crippen LogP contribution in [-0.4, -0.2) is 0 Å². The highest BCUT2D eigenvalue weighted by Crippen LogP contribution is 2.41. The number of nitrogens with zero attached hydrogens (tertiary/aromatic N) is 2. The molecule has 3 aromatic carbocycles. The number of rotatable bonds is 4. The fourth-order valence-electron chi connectivity index (χ4n) is 3.20. The maximum Gasteiger partial charge on any atom is 0.101 e. The van der Waals surface area contributed by atoms with E-state index in [4.69, 9.17) is 0 Å². The maximum atomic E-state index is 9.54. The molecule has 0 amide bonds. The summed E-state index contributed by atoms with van der Waals surface area (Å²) in [5, 5.41) is 19.1. The molecular weight excluding hydrogens is 428 g/mol. The van der Waals surface area contributed by atoms with Gasteiger partial charge >= 0.3 is 0 Å². The van der Waals surface area contributed by atoms with Gasteiger partial charge in [-0.25, -0.2) is 0 Å². The van der Waals surface area contributed by atoms with Gasteiger partial charge in [-0.3, -0.25) is 0 Å². The van der Waals surface area contributed by atoms with E-state index in [1.54, 1.807) is 23.5 Å². The summed E-state index contributed by atoms with van der Waals surface area (Å²) >= 11 is 3.26. The van der Waals surface area contributed by atoms with E-state index in [1.807, 2.05) is 12.1 Å². The Bertz CT molecular complexity index is 1080. The molecule has 0 unspecified atom stereocenters. The summed E-state index contributed by atoms with van der Waals surface area (Å²) in [6.45, 7) is 13.2. The third-order valence-electron chi connectivity index (χ3n) is 5.22. The van der Waals surface area contributed by atoms with Crippen LogP contribution in [0.2, 0.25) is 0 Å². The average Bonchev–Trinajstić information content (AvgIpc) is 2.74. The Balaban J connectivity index is 1.96. The molecule has 0 aromatic heterocycles. The van der Waals surface area contributed by atoms with Crippen molar-refractivity contribution in [3.63, 3.8) is 0 Å². The lowest BCUT2D eigenvalue weighted by Crippen LogP contribution is -2.10. The Morgan fingerprint density at radius 3 is 1.12 bits per heavy atom. The molecule has 0 fully saturated rings. The first-order valence-electron chi connectivity index (χ1n) is 10.6. The predicted molar refractivity (Wildman–Crippen MR) is 134 cm³/mol. The normalized spacial score (nSPS) is 11.6. The highest BCUT2D eigenvalue weighted by atomic mass is 32.2. The number of nitriles is 2. The van der Waals surface area contributed by atoms with Crippen LogP contribution in [0, 0.1) is 22.7 Å². The fraction of sp³-hybridized carbons (Fsp3) is 0.286. The number of hydrogen-bond donors (Lipinski definition) is 0. The van der Waals surface area contributed by atoms with Crippen molar-refractivity contribution in [2.24, 2.45) is 0 Å². The van der Waals surface area contributed by atoms with Crippen molar-refractivity contribution in [1.29, 1.82) is 10.5 Å². The van der Waals surface area contributed by atoms with E-state index in [1.165, 1.54) is 11.1 Å². The van der Waals surface area contributed by atoms with E-state index >= 15 is 0 Å². The van der Waals surface area contributed by atoms with Gasteiger partial charge in [0.05, 0.1) is 11.1 Å². The van der Waals surface area contributed by atoms with E-state index in [-0.39, 0.29) is 10.8 Å². The minimum absolute atomic E-state index is 0.103. The van der Waals surface area contributed by atoms with Crippen LogP contribution < -0.4 is 0 Å². The summed E-state index contributed by atoms with van der Waals surface area (Å²) < 4.78 is 0. The smallest absolute Gasteiger partial charge is 0.101 e. The average molecular weight is 457 g/mol. The van der Waals surface area contributed by atoms with Gasteiger partial charge in [0.25, 0.3) is 0 Å². The highest BCUT2D eigenvalue weighted by molar-refractivity contribution is 8.02. The quantitative estimate of drug-likeness (QED) is 0.396. The number of hydrogen-bond acceptors (Lipinski definition) is 4. The second kappa shape index (κ2) is 9.45. The molecule has 32 heavy (non-hydrogen) atoms. The zero-order valence-corrected chi connectivity index (χ0v) is 21.1. The van der Waals surface area contributed by atoms with Crippen molar-refractivity contribution in [2.75, 3.05) is 0 Å². The molecule has 0 aliphatic rings. The second-order valence-electron chi connectivity index (χ2n) is 9.82. The molecular formula is C28H28N2S2. The fourth-order valence-corrected chi connectivity index (χ4v) is 5.18. The van der Waals surface area contributed by atoms with Crippen LogP contribution in [0.25, 0.3) is 0 Å². The summed E-state index contributed by atoms with van der Waals surface area (Å²) in [5.74, 6) is 0. The molecule has 0 aliphatic heterocycles. The Hall–Kier alpha value is -2.66. The Morgan fingerprint density at radius 2 is 0.875 bits per heavy atom. The van der Waals surface area contributed by atoms with Crippen LogP contribution in [0.1, 0.15) is 63.8 Å². The molecule has 0 N–H and O–H groups in total. The van der Waals surface area contributed by atoms with Gasteiger partial charge in [-0.15, -0.1) is 0 Å². The molecule has 2 nitrogen and oxygen atoms in total. The van der Waals surface area contributed by atoms with E-state index in [0.717, 1.165) is 19.6 Å². The molecule has 4 heteroatoms. The van der Waals surface area contributed by atoms with Gasteiger partial charge in [-0.05, 0) is 58.4 Å². The summed E-state index contributed by atoms with van der Waals surface area (Å²) in [4.78, 5) is 4.18. The molecule has 0 heterocycles. The maximum absolute atomic E-state index is 9.54. The first kappa shape index (κ1) is 24.0. The van der Waals surface area contributed by atoms with Gasteiger partial charge in [-0.1, -0.05) is 89.3 Å². The van der Waals surface area contributed by atoms with Gasteiger partial charge in [0, 0.05) is 19.6 Å². The molecule has 3 rings (SSSR count). The first-order valence-corrected chi connectivity index (χ1v) is 12.2. The lowest BCUT2D eigenvalue weighted by Gasteiger charge is -2.19. The van der Waals surface area contributed by atoms with Gasteiger partial charge in [-0.2, -0.15) is 10.5 Å². The third kappa shape index (κ3) is 5.77. The van der Waals surface area contributed by atoms with Crippen LogP contribution >= 0.6 is 23.5 Å². The molecule has 0 bridgehead atoms. The van der Waals surface area contributed by atoms with Gasteiger partial charge in [0.2, 0.25) is 0 Å². The van der Waals surface area contributed by atoms with E-state index in [0.29, 0.717) is 11.1 Å². The zero-order chi connectivity index (χ0) is 23.5. The van der Waals surface area contributed by atoms with Crippen LogP contribution in [0.5, 0.6) is 0 Å². The monoisotopic (exact) mass is 456 g/mol. The Kier molecular flexibility index (Phi) is 7.09. The molecule has 0 aliphatic carbocycles. The summed E-state index contributed by atoms with van der Waals surface area (Å²) in [7, 11) is 0. The minimum Gasteiger partial charge on any atom is -0.192 e. The summed E-state index contributed by atoms with van der Waals surface area (Å²) in [5.41, 5.74) is 3.60. The Morgan fingerprint density at radius 1 is 0.562 bits per heavy atom. The molecule has 162 valence electrons. The molecule has 0 saturated carbocycles. The van der Waals surface area contributed by atoms with Crippen LogP contribution in [0.15, 0.2) is 80.2 Å². The van der Waals surface area contributed by atoms with Crippen molar-refractivity contribution < 1.29 is 0 Å². The molecule has 0 spiro atoms. The number of benzene rings is 3. The SMILES string of the molecule is CC(C)(C)c1ccc(Sc2cc(C#N)c(C#N)cc2Sc2ccc(C(C)(C)C)cc2)cc1. The van der Waals surface area contributed by atoms with Crippen molar-refractivity contribution in [3.8, 4) is 12.1 Å². The Labute approximate surface area is 200 Å². The van der Waals surface area contributed by atoms with Crippen LogP contribution in [0.4, 0.5) is 0 Å². The van der Waals surface area contributed by atoms with Gasteiger partial charge in [0.15, 0.2) is 0 Å². The molecule has 0 saturated heterocycles. The third-order valence-corrected chi connectivity index (χ3v) is 7.48. The highest BCUT2D eigenvalue weighted by Gasteiger charge is 2.16. The van der Waals surface area contributed by atoms with E-state index in [2.05, 4.69) is 102 Å². The zero-order valence-electron chi connectivity index (χ0n) is 19.5. The van der Waals surface area contributed by atoms with Gasteiger partial charge in [0.1, 0.15) is 12.1 Å².